The van der Waals surface area contributed by atoms with Crippen molar-refractivity contribution in [2.75, 3.05) is 45.8 Å². The number of nitrogens with one attached hydrogen (secondary N) is 1. The van der Waals surface area contributed by atoms with E-state index in [0.717, 1.165) is 11.8 Å². The molecular formula is C17H35N3. The first-order valence-electron chi connectivity index (χ1n) is 8.91. The summed E-state index contributed by atoms with van der Waals surface area (Å²) in [6.45, 7) is 16.0. The molecule has 2 saturated heterocycles. The summed E-state index contributed by atoms with van der Waals surface area (Å²) in [4.78, 5) is 5.22. The summed E-state index contributed by atoms with van der Waals surface area (Å²) < 4.78 is 0. The van der Waals surface area contributed by atoms with Gasteiger partial charge in [0.05, 0.1) is 0 Å². The highest BCUT2D eigenvalue weighted by atomic mass is 15.1. The first kappa shape index (κ1) is 16.3. The van der Waals surface area contributed by atoms with Crippen LogP contribution in [0.25, 0.3) is 0 Å². The van der Waals surface area contributed by atoms with Gasteiger partial charge in [0.2, 0.25) is 0 Å². The van der Waals surface area contributed by atoms with Gasteiger partial charge in [0.15, 0.2) is 0 Å². The molecule has 0 aliphatic carbocycles. The zero-order valence-electron chi connectivity index (χ0n) is 13.9. The molecule has 0 radical (unpaired) electrons. The second-order valence-corrected chi connectivity index (χ2v) is 6.92. The van der Waals surface area contributed by atoms with E-state index in [2.05, 4.69) is 35.9 Å². The molecule has 0 saturated carbocycles. The molecular weight excluding hydrogens is 246 g/mol. The Bertz CT molecular complexity index is 261. The third-order valence-electron chi connectivity index (χ3n) is 5.42. The maximum Gasteiger partial charge on any atom is 0.00680 e. The largest absolute Gasteiger partial charge is 0.314 e. The lowest BCUT2D eigenvalue weighted by Gasteiger charge is -2.35. The zero-order valence-corrected chi connectivity index (χ0v) is 13.9. The molecule has 2 fully saturated rings. The second kappa shape index (κ2) is 8.35. The van der Waals surface area contributed by atoms with Crippen LogP contribution in [-0.4, -0.2) is 61.7 Å². The Hall–Kier alpha value is -0.120. The van der Waals surface area contributed by atoms with Crippen LogP contribution in [-0.2, 0) is 0 Å². The Balaban J connectivity index is 1.62. The number of likely N-dealkylation sites (tertiary alicyclic amines) is 2. The normalized spacial score (nSPS) is 28.1. The Morgan fingerprint density at radius 3 is 2.35 bits per heavy atom. The smallest absolute Gasteiger partial charge is 0.00680 e. The Labute approximate surface area is 126 Å². The van der Waals surface area contributed by atoms with Gasteiger partial charge < -0.3 is 15.1 Å². The topological polar surface area (TPSA) is 18.5 Å². The van der Waals surface area contributed by atoms with Crippen LogP contribution in [0, 0.1) is 11.8 Å². The first-order chi connectivity index (χ1) is 9.72. The van der Waals surface area contributed by atoms with E-state index in [1.807, 2.05) is 0 Å². The Morgan fingerprint density at radius 1 is 1.05 bits per heavy atom. The van der Waals surface area contributed by atoms with Crippen molar-refractivity contribution in [3.63, 3.8) is 0 Å². The number of piperidine rings is 1. The molecule has 2 aliphatic rings. The van der Waals surface area contributed by atoms with E-state index in [4.69, 9.17) is 0 Å². The van der Waals surface area contributed by atoms with Crippen LogP contribution in [0.2, 0.25) is 0 Å². The monoisotopic (exact) mass is 281 g/mol. The summed E-state index contributed by atoms with van der Waals surface area (Å²) >= 11 is 0. The highest BCUT2D eigenvalue weighted by molar-refractivity contribution is 4.82. The summed E-state index contributed by atoms with van der Waals surface area (Å²) in [5.41, 5.74) is 0. The van der Waals surface area contributed by atoms with Crippen molar-refractivity contribution in [2.45, 2.75) is 52.5 Å². The molecule has 2 heterocycles. The molecule has 0 aromatic carbocycles. The number of rotatable bonds is 7. The van der Waals surface area contributed by atoms with E-state index in [0.29, 0.717) is 6.04 Å². The summed E-state index contributed by atoms with van der Waals surface area (Å²) in [5.74, 6) is 1.78. The minimum absolute atomic E-state index is 0.703. The van der Waals surface area contributed by atoms with Crippen molar-refractivity contribution >= 4 is 0 Å². The molecule has 0 aromatic heterocycles. The van der Waals surface area contributed by atoms with E-state index in [1.165, 1.54) is 71.5 Å². The second-order valence-electron chi connectivity index (χ2n) is 6.92. The highest BCUT2D eigenvalue weighted by Crippen LogP contribution is 2.21. The molecule has 0 amide bonds. The zero-order chi connectivity index (χ0) is 14.4. The van der Waals surface area contributed by atoms with Crippen molar-refractivity contribution in [1.29, 1.82) is 0 Å². The summed E-state index contributed by atoms with van der Waals surface area (Å²) in [6.07, 6.45) is 5.47. The van der Waals surface area contributed by atoms with Crippen LogP contribution in [0.1, 0.15) is 46.5 Å². The van der Waals surface area contributed by atoms with Crippen LogP contribution in [0.5, 0.6) is 0 Å². The lowest BCUT2D eigenvalue weighted by molar-refractivity contribution is 0.161. The SMILES string of the molecule is CCCN1CCC(C(C)NCC2CCN(CC)C2)CC1. The van der Waals surface area contributed by atoms with E-state index < -0.39 is 0 Å². The third kappa shape index (κ3) is 4.71. The number of hydrogen-bond acceptors (Lipinski definition) is 3. The van der Waals surface area contributed by atoms with Crippen molar-refractivity contribution in [3.05, 3.63) is 0 Å². The average molecular weight is 281 g/mol. The van der Waals surface area contributed by atoms with Crippen molar-refractivity contribution in [1.82, 2.24) is 15.1 Å². The highest BCUT2D eigenvalue weighted by Gasteiger charge is 2.25. The molecule has 118 valence electrons. The molecule has 2 atom stereocenters. The van der Waals surface area contributed by atoms with Gasteiger partial charge in [-0.1, -0.05) is 13.8 Å². The summed E-state index contributed by atoms with van der Waals surface area (Å²) in [7, 11) is 0. The van der Waals surface area contributed by atoms with Gasteiger partial charge in [0.25, 0.3) is 0 Å². The fourth-order valence-corrected chi connectivity index (χ4v) is 3.88. The van der Waals surface area contributed by atoms with Gasteiger partial charge in [-0.05, 0) is 83.7 Å². The fourth-order valence-electron chi connectivity index (χ4n) is 3.88. The lowest BCUT2D eigenvalue weighted by atomic mass is 9.90. The maximum atomic E-state index is 3.84. The minimum Gasteiger partial charge on any atom is -0.314 e. The lowest BCUT2D eigenvalue weighted by Crippen LogP contribution is -2.43. The Kier molecular flexibility index (Phi) is 6.79. The molecule has 2 rings (SSSR count). The quantitative estimate of drug-likeness (QED) is 0.773. The van der Waals surface area contributed by atoms with Gasteiger partial charge in [-0.3, -0.25) is 0 Å². The maximum absolute atomic E-state index is 3.84. The predicted molar refractivity (Wildman–Crippen MR) is 87.1 cm³/mol. The van der Waals surface area contributed by atoms with Crippen LogP contribution in [0.3, 0.4) is 0 Å². The molecule has 2 aliphatic heterocycles. The van der Waals surface area contributed by atoms with Crippen LogP contribution >= 0.6 is 0 Å². The number of nitrogens with zero attached hydrogens (tertiary/aromatic N) is 2. The Morgan fingerprint density at radius 2 is 1.75 bits per heavy atom. The van der Waals surface area contributed by atoms with E-state index >= 15 is 0 Å². The van der Waals surface area contributed by atoms with Gasteiger partial charge in [-0.2, -0.15) is 0 Å². The van der Waals surface area contributed by atoms with Crippen molar-refractivity contribution in [3.8, 4) is 0 Å². The standard InChI is InChI=1S/C17H35N3/c1-4-9-20-11-7-17(8-12-20)15(3)18-13-16-6-10-19(5-2)14-16/h15-18H,4-14H2,1-3H3. The molecule has 2 unspecified atom stereocenters. The fraction of sp³-hybridized carbons (Fsp3) is 1.00. The first-order valence-corrected chi connectivity index (χ1v) is 8.91. The van der Waals surface area contributed by atoms with E-state index in [9.17, 15) is 0 Å². The molecule has 0 spiro atoms. The molecule has 0 bridgehead atoms. The molecule has 1 N–H and O–H groups in total. The van der Waals surface area contributed by atoms with Crippen LogP contribution in [0.15, 0.2) is 0 Å². The van der Waals surface area contributed by atoms with E-state index in [1.54, 1.807) is 0 Å². The number of hydrogen-bond donors (Lipinski definition) is 1. The van der Waals surface area contributed by atoms with Crippen LogP contribution < -0.4 is 5.32 Å². The summed E-state index contributed by atoms with van der Waals surface area (Å²) in [5, 5.41) is 3.84. The predicted octanol–water partition coefficient (Wildman–Crippen LogP) is 2.43. The molecule has 3 heteroatoms. The van der Waals surface area contributed by atoms with Gasteiger partial charge in [0.1, 0.15) is 0 Å². The molecule has 0 aromatic rings. The van der Waals surface area contributed by atoms with Gasteiger partial charge in [-0.25, -0.2) is 0 Å². The third-order valence-corrected chi connectivity index (χ3v) is 5.42. The molecule has 3 nitrogen and oxygen atoms in total. The van der Waals surface area contributed by atoms with Crippen LogP contribution in [0.4, 0.5) is 0 Å². The van der Waals surface area contributed by atoms with Crippen molar-refractivity contribution in [2.24, 2.45) is 11.8 Å². The van der Waals surface area contributed by atoms with Gasteiger partial charge >= 0.3 is 0 Å². The summed E-state index contributed by atoms with van der Waals surface area (Å²) in [6, 6.07) is 0.703. The van der Waals surface area contributed by atoms with Gasteiger partial charge in [-0.15, -0.1) is 0 Å². The van der Waals surface area contributed by atoms with Crippen molar-refractivity contribution < 1.29 is 0 Å². The average Bonchev–Trinajstić information content (AvgIpc) is 2.94. The van der Waals surface area contributed by atoms with E-state index in [-0.39, 0.29) is 0 Å². The molecule has 20 heavy (non-hydrogen) atoms. The minimum atomic E-state index is 0.703. The van der Waals surface area contributed by atoms with Gasteiger partial charge in [0, 0.05) is 12.6 Å².